The Morgan fingerprint density at radius 2 is 1.71 bits per heavy atom. The Labute approximate surface area is 207 Å². The zero-order valence-corrected chi connectivity index (χ0v) is 20.7. The highest BCUT2D eigenvalue weighted by atomic mass is 16.6. The molecule has 0 aromatic heterocycles. The summed E-state index contributed by atoms with van der Waals surface area (Å²) in [4.78, 5) is 15.2. The Hall–Kier alpha value is -2.97. The van der Waals surface area contributed by atoms with Crippen molar-refractivity contribution in [2.75, 3.05) is 33.5 Å². The molecule has 0 radical (unpaired) electrons. The van der Waals surface area contributed by atoms with Gasteiger partial charge in [0.2, 0.25) is 5.91 Å². The molecule has 8 heteroatoms. The van der Waals surface area contributed by atoms with Crippen LogP contribution in [0.5, 0.6) is 23.0 Å². The lowest BCUT2D eigenvalue weighted by Crippen LogP contribution is -2.49. The van der Waals surface area contributed by atoms with Crippen LogP contribution in [0.1, 0.15) is 44.8 Å². The van der Waals surface area contributed by atoms with Crippen LogP contribution < -0.4 is 24.3 Å². The van der Waals surface area contributed by atoms with E-state index in [9.17, 15) is 9.90 Å². The number of nitrogens with zero attached hydrogens (tertiary/aromatic N) is 1. The number of fused-ring (bicyclic) bond motifs is 1. The first-order chi connectivity index (χ1) is 16.9. The molecule has 2 aromatic carbocycles. The predicted molar refractivity (Wildman–Crippen MR) is 132 cm³/mol. The number of methoxy groups -OCH3 is 1. The lowest BCUT2D eigenvalue weighted by Gasteiger charge is -2.33. The lowest BCUT2D eigenvalue weighted by atomic mass is 10.00. The van der Waals surface area contributed by atoms with E-state index in [2.05, 4.69) is 24.1 Å². The normalized spacial score (nSPS) is 21.3. The van der Waals surface area contributed by atoms with E-state index >= 15 is 0 Å². The molecule has 190 valence electrons. The molecule has 2 aliphatic rings. The molecule has 2 aromatic rings. The Balaban J connectivity index is 1.41. The van der Waals surface area contributed by atoms with E-state index in [0.29, 0.717) is 54.7 Å². The van der Waals surface area contributed by atoms with E-state index in [4.69, 9.17) is 18.9 Å². The van der Waals surface area contributed by atoms with Crippen LogP contribution in [0.3, 0.4) is 0 Å². The first-order valence-corrected chi connectivity index (χ1v) is 12.3. The van der Waals surface area contributed by atoms with Crippen LogP contribution in [0.2, 0.25) is 0 Å². The number of rotatable bonds is 10. The summed E-state index contributed by atoms with van der Waals surface area (Å²) in [6, 6.07) is 13.0. The number of likely N-dealkylation sites (tertiary alicyclic amines) is 1. The molecule has 0 bridgehead atoms. The number of amides is 1. The second kappa shape index (κ2) is 11.6. The van der Waals surface area contributed by atoms with Crippen molar-refractivity contribution >= 4 is 5.91 Å². The van der Waals surface area contributed by atoms with Gasteiger partial charge < -0.3 is 29.4 Å². The number of carbonyl (C=O) groups excluding carboxylic acids is 1. The number of benzene rings is 2. The van der Waals surface area contributed by atoms with Gasteiger partial charge in [0, 0.05) is 18.6 Å². The van der Waals surface area contributed by atoms with Gasteiger partial charge in [-0.3, -0.25) is 9.69 Å². The Bertz CT molecular complexity index is 972. The minimum atomic E-state index is -0.891. The van der Waals surface area contributed by atoms with Gasteiger partial charge in [0.05, 0.1) is 26.2 Å². The van der Waals surface area contributed by atoms with Crippen molar-refractivity contribution in [2.24, 2.45) is 0 Å². The molecule has 1 saturated heterocycles. The highest BCUT2D eigenvalue weighted by Gasteiger charge is 2.33. The Morgan fingerprint density at radius 1 is 1.06 bits per heavy atom. The maximum absolute atomic E-state index is 12.9. The van der Waals surface area contributed by atoms with Crippen molar-refractivity contribution in [1.29, 1.82) is 0 Å². The molecular weight excluding hydrogens is 448 g/mol. The van der Waals surface area contributed by atoms with E-state index < -0.39 is 12.1 Å². The summed E-state index contributed by atoms with van der Waals surface area (Å²) < 4.78 is 22.2. The average Bonchev–Trinajstić information content (AvgIpc) is 3.20. The first-order valence-electron chi connectivity index (χ1n) is 12.3. The molecule has 1 fully saturated rings. The van der Waals surface area contributed by atoms with E-state index in [1.807, 2.05) is 30.3 Å². The van der Waals surface area contributed by atoms with Crippen molar-refractivity contribution in [1.82, 2.24) is 10.2 Å². The van der Waals surface area contributed by atoms with E-state index in [0.717, 1.165) is 18.6 Å². The smallest absolute Gasteiger partial charge is 0.223 e. The minimum absolute atomic E-state index is 0.167. The van der Waals surface area contributed by atoms with Crippen LogP contribution in [0.15, 0.2) is 42.5 Å². The maximum Gasteiger partial charge on any atom is 0.223 e. The number of hydrogen-bond donors (Lipinski definition) is 2. The monoisotopic (exact) mass is 484 g/mol. The largest absolute Gasteiger partial charge is 0.497 e. The van der Waals surface area contributed by atoms with Crippen LogP contribution in [0.25, 0.3) is 0 Å². The van der Waals surface area contributed by atoms with Crippen LogP contribution in [0, 0.1) is 0 Å². The van der Waals surface area contributed by atoms with Crippen molar-refractivity contribution in [3.8, 4) is 23.0 Å². The molecule has 1 unspecified atom stereocenters. The SMILES string of the molecule is COc1ccc(OCCC(=O)NC(CN2[C@H](C)CC[C@H]2C)[C@H](O)c2ccc3c(c2)OCCO3)cc1. The van der Waals surface area contributed by atoms with Gasteiger partial charge in [-0.25, -0.2) is 0 Å². The molecule has 4 rings (SSSR count). The lowest BCUT2D eigenvalue weighted by molar-refractivity contribution is -0.123. The van der Waals surface area contributed by atoms with Crippen molar-refractivity contribution < 1.29 is 28.8 Å². The van der Waals surface area contributed by atoms with E-state index in [1.54, 1.807) is 19.2 Å². The third-order valence-electron chi connectivity index (χ3n) is 6.83. The second-order valence-electron chi connectivity index (χ2n) is 9.27. The molecule has 2 heterocycles. The van der Waals surface area contributed by atoms with Gasteiger partial charge in [0.15, 0.2) is 11.5 Å². The Kier molecular flexibility index (Phi) is 8.36. The fraction of sp³-hybridized carbons (Fsp3) is 0.519. The number of aliphatic hydroxyl groups excluding tert-OH is 1. The quantitative estimate of drug-likeness (QED) is 0.535. The van der Waals surface area contributed by atoms with Crippen molar-refractivity contribution in [2.45, 2.75) is 57.3 Å². The van der Waals surface area contributed by atoms with E-state index in [-0.39, 0.29) is 18.9 Å². The fourth-order valence-electron chi connectivity index (χ4n) is 4.75. The van der Waals surface area contributed by atoms with Gasteiger partial charge in [0.1, 0.15) is 30.8 Å². The summed E-state index contributed by atoms with van der Waals surface area (Å²) in [6.07, 6.45) is 1.51. The first kappa shape index (κ1) is 25.1. The molecule has 35 heavy (non-hydrogen) atoms. The van der Waals surface area contributed by atoms with Gasteiger partial charge >= 0.3 is 0 Å². The number of carbonyl (C=O) groups is 1. The molecule has 0 aliphatic carbocycles. The Morgan fingerprint density at radius 3 is 2.40 bits per heavy atom. The molecule has 2 aliphatic heterocycles. The number of nitrogens with one attached hydrogen (secondary N) is 1. The zero-order valence-electron chi connectivity index (χ0n) is 20.7. The topological polar surface area (TPSA) is 89.5 Å². The zero-order chi connectivity index (χ0) is 24.8. The summed E-state index contributed by atoms with van der Waals surface area (Å²) in [5.41, 5.74) is 0.688. The third-order valence-corrected chi connectivity index (χ3v) is 6.83. The van der Waals surface area contributed by atoms with Crippen LogP contribution >= 0.6 is 0 Å². The predicted octanol–water partition coefficient (Wildman–Crippen LogP) is 3.33. The van der Waals surface area contributed by atoms with Gasteiger partial charge in [-0.05, 0) is 68.7 Å². The molecule has 0 spiro atoms. The van der Waals surface area contributed by atoms with Crippen molar-refractivity contribution in [3.63, 3.8) is 0 Å². The van der Waals surface area contributed by atoms with Gasteiger partial charge in [-0.1, -0.05) is 6.07 Å². The molecule has 8 nitrogen and oxygen atoms in total. The molecule has 4 atom stereocenters. The minimum Gasteiger partial charge on any atom is -0.497 e. The van der Waals surface area contributed by atoms with Gasteiger partial charge in [-0.2, -0.15) is 0 Å². The van der Waals surface area contributed by atoms with Gasteiger partial charge in [-0.15, -0.1) is 0 Å². The molecule has 1 amide bonds. The summed E-state index contributed by atoms with van der Waals surface area (Å²) in [5, 5.41) is 14.4. The number of hydrogen-bond acceptors (Lipinski definition) is 7. The summed E-state index contributed by atoms with van der Waals surface area (Å²) in [5.74, 6) is 2.54. The summed E-state index contributed by atoms with van der Waals surface area (Å²) in [7, 11) is 1.61. The number of ether oxygens (including phenoxy) is 4. The van der Waals surface area contributed by atoms with Crippen LogP contribution in [0.4, 0.5) is 0 Å². The van der Waals surface area contributed by atoms with Crippen LogP contribution in [-0.4, -0.2) is 67.5 Å². The highest BCUT2D eigenvalue weighted by Crippen LogP contribution is 2.34. The van der Waals surface area contributed by atoms with Crippen molar-refractivity contribution in [3.05, 3.63) is 48.0 Å². The molecule has 0 saturated carbocycles. The van der Waals surface area contributed by atoms with Crippen LogP contribution in [-0.2, 0) is 4.79 Å². The van der Waals surface area contributed by atoms with Gasteiger partial charge in [0.25, 0.3) is 0 Å². The molecule has 2 N–H and O–H groups in total. The summed E-state index contributed by atoms with van der Waals surface area (Å²) >= 11 is 0. The second-order valence-corrected chi connectivity index (χ2v) is 9.27. The molecular formula is C27H36N2O6. The summed E-state index contributed by atoms with van der Waals surface area (Å²) in [6.45, 7) is 6.17. The fourth-order valence-corrected chi connectivity index (χ4v) is 4.75. The van der Waals surface area contributed by atoms with E-state index in [1.165, 1.54) is 0 Å². The number of aliphatic hydroxyl groups is 1. The standard InChI is InChI=1S/C27H36N2O6/c1-18-4-5-19(2)29(18)17-23(27(31)20-6-11-24-25(16-20)35-15-14-34-24)28-26(30)12-13-33-22-9-7-21(32-3)8-10-22/h6-11,16,18-19,23,27,31H,4-5,12-15,17H2,1-3H3,(H,28,30)/t18-,19-,23?,27-/m1/s1. The highest BCUT2D eigenvalue weighted by molar-refractivity contribution is 5.76. The average molecular weight is 485 g/mol. The maximum atomic E-state index is 12.9. The third kappa shape index (κ3) is 6.38.